The summed E-state index contributed by atoms with van der Waals surface area (Å²) in [5, 5.41) is 0. The molecule has 0 spiro atoms. The van der Waals surface area contributed by atoms with Crippen molar-refractivity contribution in [3.63, 3.8) is 0 Å². The number of rotatable bonds is 9. The fourth-order valence-corrected chi connectivity index (χ4v) is 2.15. The molecule has 0 aromatic heterocycles. The number of carbonyl (C=O) groups is 2. The van der Waals surface area contributed by atoms with Crippen molar-refractivity contribution in [1.82, 2.24) is 0 Å². The molecule has 2 atom stereocenters. The molecule has 1 aromatic rings. The van der Waals surface area contributed by atoms with Gasteiger partial charge < -0.3 is 10.5 Å². The van der Waals surface area contributed by atoms with Crippen molar-refractivity contribution in [3.05, 3.63) is 30.3 Å². The Balaban J connectivity index is 2.59. The fourth-order valence-electron chi connectivity index (χ4n) is 1.41. The molecule has 0 aliphatic heterocycles. The first-order chi connectivity index (χ1) is 10.0. The van der Waals surface area contributed by atoms with E-state index in [1.165, 1.54) is 0 Å². The molecule has 114 valence electrons. The normalized spacial score (nSPS) is 12.3. The van der Waals surface area contributed by atoms with Gasteiger partial charge in [-0.25, -0.2) is 9.32 Å². The molecule has 8 heteroatoms. The first-order valence-corrected chi connectivity index (χ1v) is 7.44. The Morgan fingerprint density at radius 2 is 1.95 bits per heavy atom. The van der Waals surface area contributed by atoms with Crippen molar-refractivity contribution >= 4 is 20.1 Å². The molecule has 0 heterocycles. The number of esters is 1. The Morgan fingerprint density at radius 1 is 1.29 bits per heavy atom. The predicted molar refractivity (Wildman–Crippen MR) is 74.6 cm³/mol. The van der Waals surface area contributed by atoms with Crippen molar-refractivity contribution < 1.29 is 27.9 Å². The minimum absolute atomic E-state index is 0.0204. The second-order valence-electron chi connectivity index (χ2n) is 3.98. The lowest BCUT2D eigenvalue weighted by molar-refractivity contribution is -0.151. The van der Waals surface area contributed by atoms with E-state index < -0.39 is 26.2 Å². The SMILES string of the molecule is CCOC(=O)C(CCC(N)=O)O[P+](=O)Oc1ccccc1. The molecule has 0 aliphatic rings. The number of primary amides is 1. The third-order valence-corrected chi connectivity index (χ3v) is 3.13. The molecule has 0 bridgehead atoms. The number of hydrogen-bond acceptors (Lipinski definition) is 6. The van der Waals surface area contributed by atoms with Crippen LogP contribution in [0.4, 0.5) is 0 Å². The van der Waals surface area contributed by atoms with Gasteiger partial charge in [0.25, 0.3) is 0 Å². The Bertz CT molecular complexity index is 493. The van der Waals surface area contributed by atoms with E-state index in [0.717, 1.165) is 0 Å². The highest BCUT2D eigenvalue weighted by Gasteiger charge is 2.34. The summed E-state index contributed by atoms with van der Waals surface area (Å²) in [6.45, 7) is 1.77. The lowest BCUT2D eigenvalue weighted by Crippen LogP contribution is -2.27. The van der Waals surface area contributed by atoms with Crippen LogP contribution < -0.4 is 10.3 Å². The van der Waals surface area contributed by atoms with Crippen LogP contribution in [0, 0.1) is 0 Å². The molecule has 1 amide bonds. The summed E-state index contributed by atoms with van der Waals surface area (Å²) in [5.41, 5.74) is 5.02. The Kier molecular flexibility index (Phi) is 7.36. The zero-order valence-corrected chi connectivity index (χ0v) is 12.5. The van der Waals surface area contributed by atoms with Crippen molar-refractivity contribution in [2.45, 2.75) is 25.9 Å². The number of ether oxygens (including phenoxy) is 1. The first kappa shape index (κ1) is 17.1. The third-order valence-electron chi connectivity index (χ3n) is 2.34. The molecule has 0 fully saturated rings. The van der Waals surface area contributed by atoms with E-state index in [0.29, 0.717) is 5.75 Å². The molecular formula is C13H17NO6P+. The molecule has 1 rings (SSSR count). The van der Waals surface area contributed by atoms with E-state index in [9.17, 15) is 14.2 Å². The van der Waals surface area contributed by atoms with Crippen LogP contribution >= 0.6 is 8.25 Å². The highest BCUT2D eigenvalue weighted by Crippen LogP contribution is 2.30. The van der Waals surface area contributed by atoms with Crippen LogP contribution in [0.3, 0.4) is 0 Å². The van der Waals surface area contributed by atoms with Crippen molar-refractivity contribution in [2.75, 3.05) is 6.61 Å². The number of amides is 1. The fraction of sp³-hybridized carbons (Fsp3) is 0.385. The van der Waals surface area contributed by atoms with Gasteiger partial charge in [0.05, 0.1) is 6.61 Å². The highest BCUT2D eigenvalue weighted by molar-refractivity contribution is 7.33. The number of benzene rings is 1. The van der Waals surface area contributed by atoms with Gasteiger partial charge in [0.1, 0.15) is 0 Å². The summed E-state index contributed by atoms with van der Waals surface area (Å²) in [7, 11) is -2.57. The Labute approximate surface area is 123 Å². The average Bonchev–Trinajstić information content (AvgIpc) is 2.44. The zero-order chi connectivity index (χ0) is 15.7. The highest BCUT2D eigenvalue weighted by atomic mass is 31.1. The van der Waals surface area contributed by atoms with Crippen LogP contribution in [0.15, 0.2) is 30.3 Å². The van der Waals surface area contributed by atoms with Gasteiger partial charge in [-0.3, -0.25) is 4.79 Å². The number of nitrogens with two attached hydrogens (primary N) is 1. The van der Waals surface area contributed by atoms with Crippen LogP contribution in [0.2, 0.25) is 0 Å². The van der Waals surface area contributed by atoms with E-state index in [1.807, 2.05) is 0 Å². The summed E-state index contributed by atoms with van der Waals surface area (Å²) < 4.78 is 26.6. The van der Waals surface area contributed by atoms with Gasteiger partial charge >= 0.3 is 14.2 Å². The van der Waals surface area contributed by atoms with E-state index in [1.54, 1.807) is 37.3 Å². The summed E-state index contributed by atoms with van der Waals surface area (Å²) in [5.74, 6) is -0.956. The number of para-hydroxylation sites is 1. The quantitative estimate of drug-likeness (QED) is 0.551. The minimum Gasteiger partial charge on any atom is -0.464 e. The van der Waals surface area contributed by atoms with Gasteiger partial charge in [0.15, 0.2) is 5.75 Å². The van der Waals surface area contributed by atoms with Gasteiger partial charge in [-0.1, -0.05) is 22.7 Å². The van der Waals surface area contributed by atoms with E-state index in [4.69, 9.17) is 19.5 Å². The Hall–Kier alpha value is -1.98. The van der Waals surface area contributed by atoms with E-state index in [-0.39, 0.29) is 19.4 Å². The van der Waals surface area contributed by atoms with Gasteiger partial charge in [-0.15, -0.1) is 0 Å². The maximum Gasteiger partial charge on any atom is 0.751 e. The molecular weight excluding hydrogens is 297 g/mol. The lowest BCUT2D eigenvalue weighted by atomic mass is 10.2. The molecule has 1 aromatic carbocycles. The average molecular weight is 314 g/mol. The van der Waals surface area contributed by atoms with Crippen molar-refractivity contribution in [3.8, 4) is 5.75 Å². The standard InChI is InChI=1S/C13H16NO6P/c1-2-18-13(16)11(8-9-12(14)15)20-21(17)19-10-6-4-3-5-7-10/h3-7,11H,2,8-9H2,1H3,(H-,14,15)/p+1. The molecule has 2 unspecified atom stereocenters. The summed E-state index contributed by atoms with van der Waals surface area (Å²) >= 11 is 0. The van der Waals surface area contributed by atoms with Crippen LogP contribution in [-0.2, 0) is 23.4 Å². The lowest BCUT2D eigenvalue weighted by Gasteiger charge is -2.08. The van der Waals surface area contributed by atoms with Crippen LogP contribution in [0.25, 0.3) is 0 Å². The molecule has 2 N–H and O–H groups in total. The minimum atomic E-state index is -2.57. The smallest absolute Gasteiger partial charge is 0.464 e. The molecule has 21 heavy (non-hydrogen) atoms. The van der Waals surface area contributed by atoms with Gasteiger partial charge in [0.2, 0.25) is 12.0 Å². The van der Waals surface area contributed by atoms with Gasteiger partial charge in [-0.05, 0) is 25.5 Å². The van der Waals surface area contributed by atoms with Crippen molar-refractivity contribution in [2.24, 2.45) is 5.73 Å². The molecule has 0 aliphatic carbocycles. The van der Waals surface area contributed by atoms with Crippen molar-refractivity contribution in [1.29, 1.82) is 0 Å². The van der Waals surface area contributed by atoms with E-state index >= 15 is 0 Å². The van der Waals surface area contributed by atoms with Gasteiger partial charge in [0, 0.05) is 11.0 Å². The third kappa shape index (κ3) is 6.83. The Morgan fingerprint density at radius 3 is 2.52 bits per heavy atom. The van der Waals surface area contributed by atoms with Crippen LogP contribution in [-0.4, -0.2) is 24.6 Å². The zero-order valence-electron chi connectivity index (χ0n) is 11.6. The van der Waals surface area contributed by atoms with Crippen LogP contribution in [0.5, 0.6) is 5.75 Å². The summed E-state index contributed by atoms with van der Waals surface area (Å²) in [6, 6.07) is 8.37. The number of hydrogen-bond donors (Lipinski definition) is 1. The van der Waals surface area contributed by atoms with E-state index in [2.05, 4.69) is 0 Å². The second kappa shape index (κ2) is 9.05. The van der Waals surface area contributed by atoms with Gasteiger partial charge in [-0.2, -0.15) is 0 Å². The molecule has 0 saturated heterocycles. The maximum absolute atomic E-state index is 11.8. The monoisotopic (exact) mass is 314 g/mol. The molecule has 0 radical (unpaired) electrons. The maximum atomic E-state index is 11.8. The number of carbonyl (C=O) groups excluding carboxylic acids is 2. The molecule has 0 saturated carbocycles. The summed E-state index contributed by atoms with van der Waals surface area (Å²) in [4.78, 5) is 22.4. The second-order valence-corrected chi connectivity index (χ2v) is 4.82. The summed E-state index contributed by atoms with van der Waals surface area (Å²) in [6.07, 6.45) is -1.27. The first-order valence-electron chi connectivity index (χ1n) is 6.35. The van der Waals surface area contributed by atoms with Crippen LogP contribution in [0.1, 0.15) is 19.8 Å². The topological polar surface area (TPSA) is 105 Å². The largest absolute Gasteiger partial charge is 0.751 e. The predicted octanol–water partition coefficient (Wildman–Crippen LogP) is 1.94. The molecule has 7 nitrogen and oxygen atoms in total.